The third-order valence-electron chi connectivity index (χ3n) is 5.75. The Morgan fingerprint density at radius 1 is 1.09 bits per heavy atom. The van der Waals surface area contributed by atoms with Crippen LogP contribution in [0.4, 0.5) is 5.69 Å². The summed E-state index contributed by atoms with van der Waals surface area (Å²) in [4.78, 5) is 41.6. The first-order valence-corrected chi connectivity index (χ1v) is 11.9. The highest BCUT2D eigenvalue weighted by Gasteiger charge is 2.35. The Morgan fingerprint density at radius 2 is 1.85 bits per heavy atom. The van der Waals surface area contributed by atoms with Gasteiger partial charge in [0.25, 0.3) is 5.91 Å². The fourth-order valence-electron chi connectivity index (χ4n) is 4.05. The number of furan rings is 1. The molecule has 0 radical (unpaired) electrons. The van der Waals surface area contributed by atoms with Gasteiger partial charge in [0.15, 0.2) is 5.76 Å². The van der Waals surface area contributed by atoms with Crippen LogP contribution in [-0.2, 0) is 9.59 Å². The zero-order chi connectivity index (χ0) is 23.2. The number of carbonyl (C=O) groups excluding carboxylic acids is 3. The number of amides is 3. The van der Waals surface area contributed by atoms with E-state index in [0.29, 0.717) is 5.69 Å². The highest BCUT2D eigenvalue weighted by atomic mass is 32.1. The second-order valence-electron chi connectivity index (χ2n) is 8.17. The third-order valence-corrected chi connectivity index (χ3v) is 6.67. The van der Waals surface area contributed by atoms with E-state index >= 15 is 0 Å². The van der Waals surface area contributed by atoms with Crippen molar-refractivity contribution in [3.8, 4) is 0 Å². The predicted octanol–water partition coefficient (Wildman–Crippen LogP) is 4.21. The Morgan fingerprint density at radius 3 is 2.48 bits per heavy atom. The number of rotatable bonds is 8. The third kappa shape index (κ3) is 5.51. The molecule has 0 bridgehead atoms. The zero-order valence-electron chi connectivity index (χ0n) is 18.5. The highest BCUT2D eigenvalue weighted by Crippen LogP contribution is 2.31. The van der Waals surface area contributed by atoms with E-state index in [1.165, 1.54) is 28.6 Å². The van der Waals surface area contributed by atoms with E-state index in [9.17, 15) is 14.4 Å². The minimum atomic E-state index is -0.832. The summed E-state index contributed by atoms with van der Waals surface area (Å²) >= 11 is 1.43. The molecular formula is C25H27N3O4S. The van der Waals surface area contributed by atoms with E-state index in [1.807, 2.05) is 48.7 Å². The number of benzene rings is 1. The molecule has 0 unspecified atom stereocenters. The van der Waals surface area contributed by atoms with E-state index in [1.54, 1.807) is 6.07 Å². The van der Waals surface area contributed by atoms with Gasteiger partial charge < -0.3 is 15.1 Å². The smallest absolute Gasteiger partial charge is 0.287 e. The molecule has 2 N–H and O–H groups in total. The van der Waals surface area contributed by atoms with Gasteiger partial charge in [-0.25, -0.2) is 0 Å². The van der Waals surface area contributed by atoms with Gasteiger partial charge in [0, 0.05) is 16.6 Å². The summed E-state index contributed by atoms with van der Waals surface area (Å²) in [6.45, 7) is 1.69. The molecule has 1 aliphatic carbocycles. The molecule has 3 aromatic rings. The van der Waals surface area contributed by atoms with Gasteiger partial charge in [0.05, 0.1) is 12.8 Å². The van der Waals surface area contributed by atoms with Gasteiger partial charge >= 0.3 is 0 Å². The van der Waals surface area contributed by atoms with Gasteiger partial charge in [-0.05, 0) is 55.5 Å². The lowest BCUT2D eigenvalue weighted by Crippen LogP contribution is -2.49. The lowest BCUT2D eigenvalue weighted by molar-refractivity contribution is -0.126. The molecule has 7 nitrogen and oxygen atoms in total. The zero-order valence-corrected chi connectivity index (χ0v) is 19.3. The molecule has 2 aromatic heterocycles. The molecule has 2 heterocycles. The fourth-order valence-corrected chi connectivity index (χ4v) is 4.86. The Kier molecular flexibility index (Phi) is 7.24. The average Bonchev–Trinajstić information content (AvgIpc) is 3.60. The van der Waals surface area contributed by atoms with Crippen LogP contribution in [0.2, 0.25) is 0 Å². The molecule has 4 rings (SSSR count). The minimum absolute atomic E-state index is 0.119. The first kappa shape index (κ1) is 22.8. The van der Waals surface area contributed by atoms with Crippen LogP contribution in [0.1, 0.15) is 52.7 Å². The summed E-state index contributed by atoms with van der Waals surface area (Å²) in [6.07, 6.45) is 5.47. The SMILES string of the molecule is Cc1ccc(N(C(=O)CNC(=O)c2ccco2)[C@H](C(=O)NC2CCCC2)c2cccs2)cc1. The van der Waals surface area contributed by atoms with Gasteiger partial charge in [0.1, 0.15) is 6.04 Å². The molecule has 1 saturated carbocycles. The number of hydrogen-bond acceptors (Lipinski definition) is 5. The molecule has 8 heteroatoms. The van der Waals surface area contributed by atoms with Gasteiger partial charge in [-0.2, -0.15) is 0 Å². The number of carbonyl (C=O) groups is 3. The molecular weight excluding hydrogens is 438 g/mol. The number of anilines is 1. The molecule has 33 heavy (non-hydrogen) atoms. The van der Waals surface area contributed by atoms with Crippen molar-refractivity contribution in [3.63, 3.8) is 0 Å². The Hall–Kier alpha value is -3.39. The fraction of sp³-hybridized carbons (Fsp3) is 0.320. The first-order valence-electron chi connectivity index (χ1n) is 11.1. The standard InChI is InChI=1S/C25H27N3O4S/c1-17-10-12-19(13-11-17)28(22(29)16-26-24(30)20-8-4-14-32-20)23(21-9-5-15-33-21)25(31)27-18-6-2-3-7-18/h4-5,8-15,18,23H,2-3,6-7,16H2,1H3,(H,26,30)(H,27,31)/t23-/m0/s1. The van der Waals surface area contributed by atoms with Gasteiger partial charge in [-0.1, -0.05) is 36.6 Å². The number of thiophene rings is 1. The first-order chi connectivity index (χ1) is 16.0. The van der Waals surface area contributed by atoms with Crippen LogP contribution < -0.4 is 15.5 Å². The normalized spacial score (nSPS) is 14.6. The van der Waals surface area contributed by atoms with E-state index in [0.717, 1.165) is 36.1 Å². The Balaban J connectivity index is 1.63. The summed E-state index contributed by atoms with van der Waals surface area (Å²) in [6, 6.07) is 13.6. The maximum atomic E-state index is 13.5. The summed E-state index contributed by atoms with van der Waals surface area (Å²) in [7, 11) is 0. The van der Waals surface area contributed by atoms with Crippen molar-refractivity contribution in [2.24, 2.45) is 0 Å². The van der Waals surface area contributed by atoms with Crippen LogP contribution in [0.3, 0.4) is 0 Å². The van der Waals surface area contributed by atoms with Crippen molar-refractivity contribution in [1.82, 2.24) is 10.6 Å². The molecule has 1 aliphatic rings. The number of hydrogen-bond donors (Lipinski definition) is 2. The van der Waals surface area contributed by atoms with Crippen molar-refractivity contribution in [1.29, 1.82) is 0 Å². The summed E-state index contributed by atoms with van der Waals surface area (Å²) in [5.74, 6) is -0.965. The van der Waals surface area contributed by atoms with Crippen LogP contribution in [0.25, 0.3) is 0 Å². The number of nitrogens with zero attached hydrogens (tertiary/aromatic N) is 1. The van der Waals surface area contributed by atoms with Crippen molar-refractivity contribution >= 4 is 34.7 Å². The maximum Gasteiger partial charge on any atom is 0.287 e. The largest absolute Gasteiger partial charge is 0.459 e. The average molecular weight is 466 g/mol. The Bertz CT molecular complexity index is 1070. The van der Waals surface area contributed by atoms with E-state index in [4.69, 9.17) is 4.42 Å². The molecule has 0 spiro atoms. The van der Waals surface area contributed by atoms with Crippen LogP contribution in [-0.4, -0.2) is 30.3 Å². The van der Waals surface area contributed by atoms with E-state index in [2.05, 4.69) is 10.6 Å². The van der Waals surface area contributed by atoms with Crippen molar-refractivity contribution in [2.75, 3.05) is 11.4 Å². The number of aryl methyl sites for hydroxylation is 1. The van der Waals surface area contributed by atoms with E-state index in [-0.39, 0.29) is 24.3 Å². The molecule has 0 aliphatic heterocycles. The monoisotopic (exact) mass is 465 g/mol. The lowest BCUT2D eigenvalue weighted by atomic mass is 10.1. The second kappa shape index (κ2) is 10.5. The van der Waals surface area contributed by atoms with Crippen LogP contribution in [0, 0.1) is 6.92 Å². The summed E-state index contributed by atoms with van der Waals surface area (Å²) < 4.78 is 5.11. The molecule has 172 valence electrons. The minimum Gasteiger partial charge on any atom is -0.459 e. The molecule has 1 aromatic carbocycles. The molecule has 0 saturated heterocycles. The number of nitrogens with one attached hydrogen (secondary N) is 2. The van der Waals surface area contributed by atoms with Crippen LogP contribution in [0.15, 0.2) is 64.6 Å². The van der Waals surface area contributed by atoms with Gasteiger partial charge in [-0.15, -0.1) is 11.3 Å². The van der Waals surface area contributed by atoms with Gasteiger partial charge in [0.2, 0.25) is 11.8 Å². The van der Waals surface area contributed by atoms with Crippen LogP contribution in [0.5, 0.6) is 0 Å². The topological polar surface area (TPSA) is 91.7 Å². The van der Waals surface area contributed by atoms with E-state index < -0.39 is 17.9 Å². The van der Waals surface area contributed by atoms with Crippen molar-refractivity contribution < 1.29 is 18.8 Å². The van der Waals surface area contributed by atoms with Crippen LogP contribution >= 0.6 is 11.3 Å². The lowest BCUT2D eigenvalue weighted by Gasteiger charge is -2.31. The van der Waals surface area contributed by atoms with Gasteiger partial charge in [-0.3, -0.25) is 19.3 Å². The second-order valence-corrected chi connectivity index (χ2v) is 9.15. The summed E-state index contributed by atoms with van der Waals surface area (Å²) in [5.41, 5.74) is 1.64. The predicted molar refractivity (Wildman–Crippen MR) is 127 cm³/mol. The Labute approximate surface area is 196 Å². The van der Waals surface area contributed by atoms with Crippen molar-refractivity contribution in [2.45, 2.75) is 44.7 Å². The molecule has 1 atom stereocenters. The molecule has 3 amide bonds. The summed E-state index contributed by atoms with van der Waals surface area (Å²) in [5, 5.41) is 7.64. The highest BCUT2D eigenvalue weighted by molar-refractivity contribution is 7.10. The maximum absolute atomic E-state index is 13.5. The molecule has 1 fully saturated rings. The quantitative estimate of drug-likeness (QED) is 0.521. The van der Waals surface area contributed by atoms with Crippen molar-refractivity contribution in [3.05, 3.63) is 76.4 Å².